The number of benzene rings is 2. The molecule has 8 nitrogen and oxygen atoms in total. The van der Waals surface area contributed by atoms with Crippen LogP contribution in [0.5, 0.6) is 0 Å². The van der Waals surface area contributed by atoms with Crippen LogP contribution < -0.4 is 10.6 Å². The maximum atomic E-state index is 12.3. The van der Waals surface area contributed by atoms with Crippen LogP contribution in [0.3, 0.4) is 0 Å². The molecule has 166 valence electrons. The zero-order chi connectivity index (χ0) is 22.2. The quantitative estimate of drug-likeness (QED) is 0.640. The molecule has 3 atom stereocenters. The monoisotopic (exact) mass is 428 g/mol. The van der Waals surface area contributed by atoms with Crippen LogP contribution in [0.2, 0.25) is 0 Å². The highest BCUT2D eigenvalue weighted by molar-refractivity contribution is 5.85. The molecule has 1 aliphatic rings. The third kappa shape index (κ3) is 6.44. The van der Waals surface area contributed by atoms with Crippen molar-refractivity contribution in [1.29, 1.82) is 0 Å². The molecule has 1 heterocycles. The largest absolute Gasteiger partial charge is 0.442 e. The van der Waals surface area contributed by atoms with E-state index in [1.807, 2.05) is 38.1 Å². The van der Waals surface area contributed by atoms with Crippen molar-refractivity contribution in [2.75, 3.05) is 17.2 Å². The van der Waals surface area contributed by atoms with Crippen LogP contribution in [0, 0.1) is 0 Å². The van der Waals surface area contributed by atoms with Crippen LogP contribution in [0.25, 0.3) is 0 Å². The lowest BCUT2D eigenvalue weighted by Gasteiger charge is -2.34. The molecule has 0 saturated carbocycles. The molecule has 2 aromatic rings. The van der Waals surface area contributed by atoms with Gasteiger partial charge in [-0.3, -0.25) is 10.6 Å². The molecule has 8 heteroatoms. The number of hydrogen-bond acceptors (Lipinski definition) is 6. The van der Waals surface area contributed by atoms with E-state index < -0.39 is 30.7 Å². The molecule has 3 N–H and O–H groups in total. The number of nitrogens with one attached hydrogen (secondary N) is 2. The molecule has 3 rings (SSSR count). The lowest BCUT2D eigenvalue weighted by atomic mass is 10.1. The van der Waals surface area contributed by atoms with Gasteiger partial charge in [0.1, 0.15) is 6.10 Å². The van der Waals surface area contributed by atoms with Gasteiger partial charge in [-0.2, -0.15) is 0 Å². The molecule has 0 radical (unpaired) electrons. The molecule has 2 aromatic carbocycles. The van der Waals surface area contributed by atoms with Crippen LogP contribution in [-0.4, -0.2) is 42.4 Å². The Kier molecular flexibility index (Phi) is 7.86. The zero-order valence-corrected chi connectivity index (χ0v) is 17.7. The summed E-state index contributed by atoms with van der Waals surface area (Å²) in [6, 6.07) is 14.7. The zero-order valence-electron chi connectivity index (χ0n) is 17.7. The van der Waals surface area contributed by atoms with Crippen LogP contribution in [0.15, 0.2) is 48.5 Å². The van der Waals surface area contributed by atoms with Gasteiger partial charge in [0, 0.05) is 17.8 Å². The fourth-order valence-electron chi connectivity index (χ4n) is 3.21. The number of anilines is 2. The van der Waals surface area contributed by atoms with Crippen LogP contribution in [-0.2, 0) is 27.1 Å². The van der Waals surface area contributed by atoms with Crippen LogP contribution in [0.1, 0.15) is 31.4 Å². The van der Waals surface area contributed by atoms with Crippen molar-refractivity contribution in [3.63, 3.8) is 0 Å². The molecule has 0 unspecified atom stereocenters. The number of hydrogen-bond donors (Lipinski definition) is 3. The molecule has 0 aliphatic carbocycles. The van der Waals surface area contributed by atoms with Gasteiger partial charge >= 0.3 is 12.2 Å². The first-order valence-corrected chi connectivity index (χ1v) is 10.4. The highest BCUT2D eigenvalue weighted by Gasteiger charge is 2.39. The standard InChI is InChI=1S/C23H28N2O6/c1-3-15-5-9-17(10-6-15)24-22(27)30-19-13-14-29-21(26)20(19)31-23(28)25-18-11-7-16(4-2)8-12-18/h5-12,19-21,26H,3-4,13-14H2,1-2H3,(H,24,27)(H,25,28)/t19-,20-,21-/m1/s1. The van der Waals surface area contributed by atoms with E-state index in [2.05, 4.69) is 10.6 Å². The van der Waals surface area contributed by atoms with Crippen LogP contribution in [0.4, 0.5) is 21.0 Å². The lowest BCUT2D eigenvalue weighted by Crippen LogP contribution is -2.50. The molecule has 1 aliphatic heterocycles. The fourth-order valence-corrected chi connectivity index (χ4v) is 3.21. The van der Waals surface area contributed by atoms with E-state index in [1.54, 1.807) is 24.3 Å². The molecule has 2 amide bonds. The number of carbonyl (C=O) groups is 2. The Bertz CT molecular complexity index is 869. The molecule has 1 saturated heterocycles. The predicted molar refractivity (Wildman–Crippen MR) is 116 cm³/mol. The Hall–Kier alpha value is -3.10. The van der Waals surface area contributed by atoms with Gasteiger partial charge in [-0.05, 0) is 48.2 Å². The summed E-state index contributed by atoms with van der Waals surface area (Å²) in [7, 11) is 0. The molecular formula is C23H28N2O6. The number of amides is 2. The lowest BCUT2D eigenvalue weighted by molar-refractivity contribution is -0.217. The number of carbonyl (C=O) groups excluding carboxylic acids is 2. The highest BCUT2D eigenvalue weighted by Crippen LogP contribution is 2.22. The second-order valence-electron chi connectivity index (χ2n) is 7.21. The number of ether oxygens (including phenoxy) is 3. The van der Waals surface area contributed by atoms with Crippen molar-refractivity contribution < 1.29 is 28.9 Å². The number of aryl methyl sites for hydroxylation is 2. The third-order valence-corrected chi connectivity index (χ3v) is 5.06. The van der Waals surface area contributed by atoms with Crippen molar-refractivity contribution in [2.45, 2.75) is 51.6 Å². The van der Waals surface area contributed by atoms with E-state index in [-0.39, 0.29) is 13.0 Å². The summed E-state index contributed by atoms with van der Waals surface area (Å²) in [6.07, 6.45) is -2.82. The van der Waals surface area contributed by atoms with E-state index in [0.717, 1.165) is 24.0 Å². The van der Waals surface area contributed by atoms with Gasteiger partial charge in [0.05, 0.1) is 6.61 Å². The summed E-state index contributed by atoms with van der Waals surface area (Å²) in [5.41, 5.74) is 3.42. The molecule has 0 aromatic heterocycles. The second kappa shape index (κ2) is 10.8. The van der Waals surface area contributed by atoms with E-state index in [9.17, 15) is 14.7 Å². The van der Waals surface area contributed by atoms with Crippen molar-refractivity contribution in [2.24, 2.45) is 0 Å². The second-order valence-corrected chi connectivity index (χ2v) is 7.21. The third-order valence-electron chi connectivity index (χ3n) is 5.06. The van der Waals surface area contributed by atoms with Crippen molar-refractivity contribution in [3.05, 3.63) is 59.7 Å². The number of rotatable bonds is 6. The first-order chi connectivity index (χ1) is 15.0. The Morgan fingerprint density at radius 3 is 1.87 bits per heavy atom. The fraction of sp³-hybridized carbons (Fsp3) is 0.391. The van der Waals surface area contributed by atoms with Gasteiger partial charge in [0.2, 0.25) is 0 Å². The maximum absolute atomic E-state index is 12.3. The van der Waals surface area contributed by atoms with Gasteiger partial charge in [-0.25, -0.2) is 9.59 Å². The SMILES string of the molecule is CCc1ccc(NC(=O)O[C@H]2[C@H](O)OCC[C@H]2OC(=O)Nc2ccc(CC)cc2)cc1. The Labute approximate surface area is 181 Å². The minimum atomic E-state index is -1.40. The number of aliphatic hydroxyl groups excluding tert-OH is 1. The Morgan fingerprint density at radius 2 is 1.39 bits per heavy atom. The van der Waals surface area contributed by atoms with Crippen molar-refractivity contribution in [3.8, 4) is 0 Å². The minimum absolute atomic E-state index is 0.171. The van der Waals surface area contributed by atoms with E-state index in [4.69, 9.17) is 14.2 Å². The predicted octanol–water partition coefficient (Wildman–Crippen LogP) is 4.08. The average Bonchev–Trinajstić information content (AvgIpc) is 2.77. The van der Waals surface area contributed by atoms with Gasteiger partial charge in [-0.1, -0.05) is 38.1 Å². The maximum Gasteiger partial charge on any atom is 0.412 e. The van der Waals surface area contributed by atoms with Crippen molar-refractivity contribution >= 4 is 23.6 Å². The molecule has 0 spiro atoms. The summed E-state index contributed by atoms with van der Waals surface area (Å²) >= 11 is 0. The molecular weight excluding hydrogens is 400 g/mol. The molecule has 1 fully saturated rings. The number of aliphatic hydroxyl groups is 1. The molecule has 0 bridgehead atoms. The first-order valence-electron chi connectivity index (χ1n) is 10.4. The topological polar surface area (TPSA) is 106 Å². The van der Waals surface area contributed by atoms with Crippen molar-refractivity contribution in [1.82, 2.24) is 0 Å². The minimum Gasteiger partial charge on any atom is -0.442 e. The van der Waals surface area contributed by atoms with E-state index >= 15 is 0 Å². The van der Waals surface area contributed by atoms with E-state index in [1.165, 1.54) is 0 Å². The summed E-state index contributed by atoms with van der Waals surface area (Å²) in [5, 5.41) is 15.4. The Morgan fingerprint density at radius 1 is 0.903 bits per heavy atom. The first kappa shape index (κ1) is 22.6. The summed E-state index contributed by atoms with van der Waals surface area (Å²) in [5.74, 6) is 0. The smallest absolute Gasteiger partial charge is 0.412 e. The molecule has 31 heavy (non-hydrogen) atoms. The van der Waals surface area contributed by atoms with Crippen LogP contribution >= 0.6 is 0 Å². The highest BCUT2D eigenvalue weighted by atomic mass is 16.7. The Balaban J connectivity index is 1.57. The van der Waals surface area contributed by atoms with E-state index in [0.29, 0.717) is 11.4 Å². The normalized spacial score (nSPS) is 20.5. The summed E-state index contributed by atoms with van der Waals surface area (Å²) in [6.45, 7) is 4.26. The van der Waals surface area contributed by atoms with Gasteiger partial charge in [-0.15, -0.1) is 0 Å². The van der Waals surface area contributed by atoms with Gasteiger partial charge in [0.15, 0.2) is 12.4 Å². The van der Waals surface area contributed by atoms with Gasteiger partial charge < -0.3 is 19.3 Å². The summed E-state index contributed by atoms with van der Waals surface area (Å²) < 4.78 is 15.9. The summed E-state index contributed by atoms with van der Waals surface area (Å²) in [4.78, 5) is 24.6. The average molecular weight is 428 g/mol. The van der Waals surface area contributed by atoms with Gasteiger partial charge in [0.25, 0.3) is 0 Å².